The largest absolute Gasteiger partial charge is 0.444 e. The number of carbonyl (C=O) groups is 1. The third-order valence-corrected chi connectivity index (χ3v) is 3.10. The summed E-state index contributed by atoms with van der Waals surface area (Å²) in [6.45, 7) is 7.39. The van der Waals surface area contributed by atoms with Gasteiger partial charge in [-0.2, -0.15) is 0 Å². The zero-order chi connectivity index (χ0) is 17.0. The molecule has 1 amide bonds. The van der Waals surface area contributed by atoms with Gasteiger partial charge in [0.2, 0.25) is 0 Å². The Balaban J connectivity index is 2.01. The van der Waals surface area contributed by atoms with Crippen LogP contribution in [0.3, 0.4) is 0 Å². The van der Waals surface area contributed by atoms with Crippen molar-refractivity contribution in [1.82, 2.24) is 4.98 Å². The number of carbonyl (C=O) groups excluding carboxylic acids is 1. The lowest BCUT2D eigenvalue weighted by molar-refractivity contribution is 0.0635. The van der Waals surface area contributed by atoms with E-state index in [0.717, 1.165) is 16.9 Å². The summed E-state index contributed by atoms with van der Waals surface area (Å²) in [6.07, 6.45) is 1.11. The van der Waals surface area contributed by atoms with Gasteiger partial charge in [-0.1, -0.05) is 11.6 Å². The number of benzene rings is 1. The number of rotatable bonds is 3. The quantitative estimate of drug-likeness (QED) is 0.816. The van der Waals surface area contributed by atoms with Gasteiger partial charge in [-0.25, -0.2) is 9.78 Å². The maximum Gasteiger partial charge on any atom is 0.413 e. The van der Waals surface area contributed by atoms with E-state index in [1.807, 2.05) is 52.0 Å². The fourth-order valence-electron chi connectivity index (χ4n) is 1.87. The first-order valence-corrected chi connectivity index (χ1v) is 7.60. The maximum absolute atomic E-state index is 11.7. The molecular formula is C17H20ClN3O2. The van der Waals surface area contributed by atoms with Crippen molar-refractivity contribution in [2.45, 2.75) is 33.3 Å². The number of nitrogens with zero attached hydrogens (tertiary/aromatic N) is 1. The van der Waals surface area contributed by atoms with Crippen LogP contribution >= 0.6 is 11.6 Å². The fraction of sp³-hybridized carbons (Fsp3) is 0.294. The van der Waals surface area contributed by atoms with Crippen molar-refractivity contribution in [3.05, 3.63) is 47.1 Å². The molecule has 0 aliphatic rings. The van der Waals surface area contributed by atoms with Crippen molar-refractivity contribution < 1.29 is 9.53 Å². The van der Waals surface area contributed by atoms with E-state index in [1.165, 1.54) is 0 Å². The van der Waals surface area contributed by atoms with E-state index in [1.54, 1.807) is 12.3 Å². The molecule has 2 N–H and O–H groups in total. The van der Waals surface area contributed by atoms with Gasteiger partial charge in [-0.05, 0) is 63.6 Å². The van der Waals surface area contributed by atoms with E-state index in [4.69, 9.17) is 16.3 Å². The van der Waals surface area contributed by atoms with E-state index < -0.39 is 11.7 Å². The number of amides is 1. The number of aryl methyl sites for hydroxylation is 1. The zero-order valence-corrected chi connectivity index (χ0v) is 14.4. The highest BCUT2D eigenvalue weighted by Crippen LogP contribution is 2.23. The monoisotopic (exact) mass is 333 g/mol. The summed E-state index contributed by atoms with van der Waals surface area (Å²) < 4.78 is 5.18. The molecule has 0 saturated heterocycles. The summed E-state index contributed by atoms with van der Waals surface area (Å²) >= 11 is 5.94. The van der Waals surface area contributed by atoms with Gasteiger partial charge in [-0.3, -0.25) is 5.32 Å². The number of nitrogens with one attached hydrogen (secondary N) is 2. The van der Waals surface area contributed by atoms with Crippen molar-refractivity contribution in [2.75, 3.05) is 10.6 Å². The number of hydrogen-bond donors (Lipinski definition) is 2. The van der Waals surface area contributed by atoms with Crippen molar-refractivity contribution in [1.29, 1.82) is 0 Å². The van der Waals surface area contributed by atoms with Gasteiger partial charge in [0.05, 0.1) is 11.9 Å². The summed E-state index contributed by atoms with van der Waals surface area (Å²) in [7, 11) is 0. The van der Waals surface area contributed by atoms with Crippen LogP contribution in [0.25, 0.3) is 0 Å². The molecule has 23 heavy (non-hydrogen) atoms. The van der Waals surface area contributed by atoms with Gasteiger partial charge in [0, 0.05) is 10.7 Å². The standard InChI is InChI=1S/C17H20ClN3O2/c1-11-9-12(18)5-7-14(11)20-13-6-8-15(19-10-13)21-16(22)23-17(2,3)4/h5-10,20H,1-4H3,(H,19,21,22). The molecule has 0 aliphatic heterocycles. The lowest BCUT2D eigenvalue weighted by Crippen LogP contribution is -2.27. The van der Waals surface area contributed by atoms with Crippen LogP contribution in [0, 0.1) is 6.92 Å². The number of halogens is 1. The Labute approximate surface area is 141 Å². The third-order valence-electron chi connectivity index (χ3n) is 2.86. The third kappa shape index (κ3) is 5.45. The molecule has 0 saturated carbocycles. The van der Waals surface area contributed by atoms with Gasteiger partial charge in [0.15, 0.2) is 0 Å². The topological polar surface area (TPSA) is 63.2 Å². The second kappa shape index (κ2) is 6.87. The molecule has 0 unspecified atom stereocenters. The predicted molar refractivity (Wildman–Crippen MR) is 93.6 cm³/mol. The van der Waals surface area contributed by atoms with Crippen LogP contribution in [-0.2, 0) is 4.74 Å². The smallest absolute Gasteiger partial charge is 0.413 e. The van der Waals surface area contributed by atoms with E-state index in [2.05, 4.69) is 15.6 Å². The van der Waals surface area contributed by atoms with E-state index in [0.29, 0.717) is 10.8 Å². The molecule has 0 radical (unpaired) electrons. The Morgan fingerprint density at radius 1 is 1.22 bits per heavy atom. The van der Waals surface area contributed by atoms with E-state index >= 15 is 0 Å². The molecule has 122 valence electrons. The first kappa shape index (κ1) is 17.1. The molecule has 0 bridgehead atoms. The van der Waals surface area contributed by atoms with Crippen LogP contribution in [-0.4, -0.2) is 16.7 Å². The van der Waals surface area contributed by atoms with Gasteiger partial charge < -0.3 is 10.1 Å². The van der Waals surface area contributed by atoms with Crippen LogP contribution in [0.5, 0.6) is 0 Å². The summed E-state index contributed by atoms with van der Waals surface area (Å²) in [5, 5.41) is 6.54. The van der Waals surface area contributed by atoms with Gasteiger partial charge in [0.25, 0.3) is 0 Å². The van der Waals surface area contributed by atoms with Crippen LogP contribution in [0.4, 0.5) is 22.0 Å². The van der Waals surface area contributed by atoms with Crippen LogP contribution in [0.15, 0.2) is 36.5 Å². The van der Waals surface area contributed by atoms with E-state index in [9.17, 15) is 4.79 Å². The summed E-state index contributed by atoms with van der Waals surface area (Å²) in [4.78, 5) is 15.9. The van der Waals surface area contributed by atoms with Crippen molar-refractivity contribution in [3.8, 4) is 0 Å². The molecular weight excluding hydrogens is 314 g/mol. The lowest BCUT2D eigenvalue weighted by atomic mass is 10.2. The number of anilines is 3. The fourth-order valence-corrected chi connectivity index (χ4v) is 2.10. The first-order chi connectivity index (χ1) is 10.7. The molecule has 0 atom stereocenters. The average molecular weight is 334 g/mol. The SMILES string of the molecule is Cc1cc(Cl)ccc1Nc1ccc(NC(=O)OC(C)(C)C)nc1. The van der Waals surface area contributed by atoms with Gasteiger partial charge in [-0.15, -0.1) is 0 Å². The Morgan fingerprint density at radius 3 is 2.52 bits per heavy atom. The minimum absolute atomic E-state index is 0.428. The normalized spacial score (nSPS) is 11.0. The molecule has 6 heteroatoms. The number of pyridine rings is 1. The number of ether oxygens (including phenoxy) is 1. The molecule has 1 aromatic heterocycles. The highest BCUT2D eigenvalue weighted by atomic mass is 35.5. The second-order valence-electron chi connectivity index (χ2n) is 6.14. The molecule has 1 heterocycles. The number of hydrogen-bond acceptors (Lipinski definition) is 4. The first-order valence-electron chi connectivity index (χ1n) is 7.22. The van der Waals surface area contributed by atoms with Crippen molar-refractivity contribution >= 4 is 34.9 Å². The lowest BCUT2D eigenvalue weighted by Gasteiger charge is -2.19. The molecule has 2 rings (SSSR count). The summed E-state index contributed by atoms with van der Waals surface area (Å²) in [5.41, 5.74) is 2.25. The second-order valence-corrected chi connectivity index (χ2v) is 6.58. The molecule has 0 spiro atoms. The highest BCUT2D eigenvalue weighted by Gasteiger charge is 2.16. The molecule has 2 aromatic rings. The summed E-state index contributed by atoms with van der Waals surface area (Å²) in [5.74, 6) is 0.428. The highest BCUT2D eigenvalue weighted by molar-refractivity contribution is 6.30. The van der Waals surface area contributed by atoms with E-state index in [-0.39, 0.29) is 0 Å². The van der Waals surface area contributed by atoms with Crippen molar-refractivity contribution in [3.63, 3.8) is 0 Å². The van der Waals surface area contributed by atoms with Gasteiger partial charge >= 0.3 is 6.09 Å². The zero-order valence-electron chi connectivity index (χ0n) is 13.6. The Morgan fingerprint density at radius 2 is 1.96 bits per heavy atom. The minimum Gasteiger partial charge on any atom is -0.444 e. The predicted octanol–water partition coefficient (Wildman–Crippen LogP) is 5.13. The Hall–Kier alpha value is -2.27. The van der Waals surface area contributed by atoms with Crippen molar-refractivity contribution in [2.24, 2.45) is 0 Å². The molecule has 5 nitrogen and oxygen atoms in total. The molecule has 1 aromatic carbocycles. The molecule has 0 aliphatic carbocycles. The minimum atomic E-state index is -0.544. The Bertz CT molecular complexity index is 694. The average Bonchev–Trinajstić information content (AvgIpc) is 2.42. The number of aromatic nitrogens is 1. The molecule has 0 fully saturated rings. The van der Waals surface area contributed by atoms with Crippen LogP contribution < -0.4 is 10.6 Å². The Kier molecular flexibility index (Phi) is 5.11. The summed E-state index contributed by atoms with van der Waals surface area (Å²) in [6, 6.07) is 9.15. The maximum atomic E-state index is 11.7. The van der Waals surface area contributed by atoms with Crippen LogP contribution in [0.2, 0.25) is 5.02 Å². The van der Waals surface area contributed by atoms with Gasteiger partial charge in [0.1, 0.15) is 11.4 Å². The van der Waals surface area contributed by atoms with Crippen LogP contribution in [0.1, 0.15) is 26.3 Å².